The molecule has 3 aliphatic rings. The van der Waals surface area contributed by atoms with Gasteiger partial charge >= 0.3 is 18.0 Å². The van der Waals surface area contributed by atoms with E-state index in [0.717, 1.165) is 25.9 Å². The summed E-state index contributed by atoms with van der Waals surface area (Å²) in [5.41, 5.74) is 4.71. The van der Waals surface area contributed by atoms with Crippen LogP contribution < -0.4 is 5.73 Å². The summed E-state index contributed by atoms with van der Waals surface area (Å²) in [6.07, 6.45) is 2.34. The van der Waals surface area contributed by atoms with Crippen molar-refractivity contribution in [2.75, 3.05) is 59.0 Å². The van der Waals surface area contributed by atoms with Gasteiger partial charge in [0.25, 0.3) is 0 Å². The highest BCUT2D eigenvalue weighted by Crippen LogP contribution is 2.37. The van der Waals surface area contributed by atoms with Crippen LogP contribution in [0.4, 0.5) is 4.79 Å². The Labute approximate surface area is 201 Å². The van der Waals surface area contributed by atoms with Crippen LogP contribution in [0.25, 0.3) is 0 Å². The topological polar surface area (TPSA) is 138 Å². The van der Waals surface area contributed by atoms with Crippen molar-refractivity contribution >= 4 is 24.0 Å². The molecule has 0 aromatic rings. The molecule has 0 spiro atoms. The van der Waals surface area contributed by atoms with Crippen LogP contribution >= 0.6 is 0 Å². The van der Waals surface area contributed by atoms with E-state index in [1.54, 1.807) is 18.7 Å². The molecule has 0 saturated carbocycles. The van der Waals surface area contributed by atoms with Crippen LogP contribution in [-0.4, -0.2) is 104 Å². The minimum atomic E-state index is -0.855. The summed E-state index contributed by atoms with van der Waals surface area (Å²) in [4.78, 5) is 43.1. The smallest absolute Gasteiger partial charge is 0.410 e. The predicted octanol–water partition coefficient (Wildman–Crippen LogP) is 1.01. The standard InChI is InChI=1S/C23H39N5O6/c1-3-32-19(29)13-23(20(30)33-4-2)7-11-26(12-8-23)15-18-16-28(22(31)34-18)14-17-5-9-27(10-6-17)21(24)25/h17-18H,3-16H2,1-2H3,(H3,24,25). The fraction of sp³-hybridized carbons (Fsp3) is 0.826. The fourth-order valence-corrected chi connectivity index (χ4v) is 5.16. The third-order valence-electron chi connectivity index (χ3n) is 7.16. The molecule has 0 aliphatic carbocycles. The van der Waals surface area contributed by atoms with Crippen LogP contribution in [0.3, 0.4) is 0 Å². The lowest BCUT2D eigenvalue weighted by atomic mass is 9.75. The Morgan fingerprint density at radius 1 is 1.09 bits per heavy atom. The molecule has 0 bridgehead atoms. The number of likely N-dealkylation sites (tertiary alicyclic amines) is 2. The summed E-state index contributed by atoms with van der Waals surface area (Å²) < 4.78 is 16.0. The average molecular weight is 482 g/mol. The van der Waals surface area contributed by atoms with E-state index in [2.05, 4.69) is 4.90 Å². The number of nitrogens with two attached hydrogens (primary N) is 1. The fourth-order valence-electron chi connectivity index (χ4n) is 5.16. The molecule has 0 radical (unpaired) electrons. The zero-order valence-electron chi connectivity index (χ0n) is 20.4. The molecule has 11 heteroatoms. The number of guanidine groups is 1. The SMILES string of the molecule is CCOC(=O)CC1(C(=O)OCC)CCN(CC2CN(CC3CCN(C(=N)N)CC3)C(=O)O2)CC1. The molecule has 3 N–H and O–H groups in total. The van der Waals surface area contributed by atoms with Gasteiger partial charge in [-0.05, 0) is 58.5 Å². The largest absolute Gasteiger partial charge is 0.466 e. The van der Waals surface area contributed by atoms with E-state index >= 15 is 0 Å². The number of amides is 1. The number of carbonyl (C=O) groups excluding carboxylic acids is 3. The van der Waals surface area contributed by atoms with Crippen LogP contribution in [0.1, 0.15) is 46.0 Å². The molecule has 0 aromatic heterocycles. The molecule has 1 atom stereocenters. The first-order chi connectivity index (χ1) is 16.3. The van der Waals surface area contributed by atoms with Crippen molar-refractivity contribution in [3.05, 3.63) is 0 Å². The van der Waals surface area contributed by atoms with Gasteiger partial charge in [0.15, 0.2) is 5.96 Å². The second-order valence-electron chi connectivity index (χ2n) is 9.51. The zero-order valence-corrected chi connectivity index (χ0v) is 20.4. The molecule has 1 amide bonds. The maximum absolute atomic E-state index is 12.7. The lowest BCUT2D eigenvalue weighted by Gasteiger charge is -2.39. The highest BCUT2D eigenvalue weighted by molar-refractivity contribution is 5.83. The summed E-state index contributed by atoms with van der Waals surface area (Å²) in [5.74, 6) is -0.227. The summed E-state index contributed by atoms with van der Waals surface area (Å²) in [6, 6.07) is 0. The maximum atomic E-state index is 12.7. The van der Waals surface area contributed by atoms with E-state index in [4.69, 9.17) is 25.4 Å². The van der Waals surface area contributed by atoms with Gasteiger partial charge in [0.05, 0.1) is 31.6 Å². The number of hydrogen-bond acceptors (Lipinski definition) is 8. The molecule has 3 aliphatic heterocycles. The third kappa shape index (κ3) is 6.52. The number of nitrogens with zero attached hydrogens (tertiary/aromatic N) is 3. The van der Waals surface area contributed by atoms with E-state index in [0.29, 0.717) is 51.5 Å². The number of nitrogens with one attached hydrogen (secondary N) is 1. The number of rotatable bonds is 9. The molecule has 34 heavy (non-hydrogen) atoms. The third-order valence-corrected chi connectivity index (χ3v) is 7.16. The Morgan fingerprint density at radius 3 is 2.32 bits per heavy atom. The van der Waals surface area contributed by atoms with E-state index in [1.807, 2.05) is 4.90 Å². The van der Waals surface area contributed by atoms with Crippen molar-refractivity contribution in [2.24, 2.45) is 17.1 Å². The van der Waals surface area contributed by atoms with E-state index in [9.17, 15) is 14.4 Å². The van der Waals surface area contributed by atoms with E-state index in [-0.39, 0.29) is 49.7 Å². The zero-order chi connectivity index (χ0) is 24.7. The van der Waals surface area contributed by atoms with Crippen LogP contribution in [0, 0.1) is 16.7 Å². The molecule has 3 fully saturated rings. The summed E-state index contributed by atoms with van der Waals surface area (Å²) in [7, 11) is 0. The number of cyclic esters (lactones) is 1. The van der Waals surface area contributed by atoms with Gasteiger partial charge in [-0.3, -0.25) is 19.9 Å². The summed E-state index contributed by atoms with van der Waals surface area (Å²) in [5, 5.41) is 7.55. The molecule has 1 unspecified atom stereocenters. The number of carbonyl (C=O) groups is 3. The van der Waals surface area contributed by atoms with Gasteiger partial charge < -0.3 is 29.7 Å². The second-order valence-corrected chi connectivity index (χ2v) is 9.51. The number of hydrogen-bond donors (Lipinski definition) is 2. The van der Waals surface area contributed by atoms with E-state index < -0.39 is 5.41 Å². The lowest BCUT2D eigenvalue weighted by Crippen LogP contribution is -2.48. The van der Waals surface area contributed by atoms with Crippen LogP contribution in [0.15, 0.2) is 0 Å². The normalized spacial score (nSPS) is 23.5. The van der Waals surface area contributed by atoms with Gasteiger partial charge in [0, 0.05) is 26.2 Å². The average Bonchev–Trinajstić information content (AvgIpc) is 3.14. The monoisotopic (exact) mass is 481 g/mol. The van der Waals surface area contributed by atoms with Gasteiger partial charge in [-0.2, -0.15) is 0 Å². The van der Waals surface area contributed by atoms with Gasteiger partial charge in [0.2, 0.25) is 0 Å². The van der Waals surface area contributed by atoms with Gasteiger partial charge in [-0.1, -0.05) is 0 Å². The quantitative estimate of drug-likeness (QED) is 0.214. The van der Waals surface area contributed by atoms with Crippen molar-refractivity contribution in [3.8, 4) is 0 Å². The molecule has 3 saturated heterocycles. The van der Waals surface area contributed by atoms with Gasteiger partial charge in [-0.15, -0.1) is 0 Å². The number of piperidine rings is 2. The molecular weight excluding hydrogens is 442 g/mol. The number of esters is 2. The molecule has 3 rings (SSSR count). The van der Waals surface area contributed by atoms with Gasteiger partial charge in [0.1, 0.15) is 6.10 Å². The Hall–Kier alpha value is -2.56. The minimum Gasteiger partial charge on any atom is -0.466 e. The van der Waals surface area contributed by atoms with Crippen molar-refractivity contribution in [2.45, 2.75) is 52.1 Å². The van der Waals surface area contributed by atoms with Crippen LogP contribution in [0.2, 0.25) is 0 Å². The molecule has 3 heterocycles. The highest BCUT2D eigenvalue weighted by Gasteiger charge is 2.45. The minimum absolute atomic E-state index is 0.0299. The molecule has 192 valence electrons. The van der Waals surface area contributed by atoms with Crippen LogP contribution in [-0.2, 0) is 23.8 Å². The van der Waals surface area contributed by atoms with Crippen LogP contribution in [0.5, 0.6) is 0 Å². The molecular formula is C23H39N5O6. The van der Waals surface area contributed by atoms with E-state index in [1.165, 1.54) is 0 Å². The first-order valence-corrected chi connectivity index (χ1v) is 12.4. The Kier molecular flexibility index (Phi) is 8.98. The van der Waals surface area contributed by atoms with Crippen molar-refractivity contribution in [3.63, 3.8) is 0 Å². The predicted molar refractivity (Wildman–Crippen MR) is 124 cm³/mol. The van der Waals surface area contributed by atoms with Crippen molar-refractivity contribution in [1.29, 1.82) is 5.41 Å². The lowest BCUT2D eigenvalue weighted by molar-refractivity contribution is -0.165. The first kappa shape index (κ1) is 26.1. The maximum Gasteiger partial charge on any atom is 0.410 e. The molecule has 11 nitrogen and oxygen atoms in total. The summed E-state index contributed by atoms with van der Waals surface area (Å²) >= 11 is 0. The Balaban J connectivity index is 1.47. The summed E-state index contributed by atoms with van der Waals surface area (Å²) in [6.45, 7) is 8.60. The van der Waals surface area contributed by atoms with Crippen molar-refractivity contribution < 1.29 is 28.6 Å². The Bertz CT molecular complexity index is 746. The number of ether oxygens (including phenoxy) is 3. The first-order valence-electron chi connectivity index (χ1n) is 12.4. The highest BCUT2D eigenvalue weighted by atomic mass is 16.6. The second kappa shape index (κ2) is 11.7. The van der Waals surface area contributed by atoms with Gasteiger partial charge in [-0.25, -0.2) is 4.79 Å². The van der Waals surface area contributed by atoms with Crippen molar-refractivity contribution in [1.82, 2.24) is 14.7 Å². The molecule has 0 aromatic carbocycles. The Morgan fingerprint density at radius 2 is 1.74 bits per heavy atom.